The first-order valence-electron chi connectivity index (χ1n) is 6.54. The van der Waals surface area contributed by atoms with Crippen LogP contribution in [0.3, 0.4) is 0 Å². The lowest BCUT2D eigenvalue weighted by atomic mass is 9.79. The molecule has 2 rings (SSSR count). The zero-order valence-electron chi connectivity index (χ0n) is 11.0. The number of ether oxygens (including phenoxy) is 1. The topological polar surface area (TPSA) is 29.5 Å². The molecule has 0 saturated carbocycles. The lowest BCUT2D eigenvalue weighted by Gasteiger charge is -2.40. The largest absolute Gasteiger partial charge is 0.508 e. The minimum atomic E-state index is -0.0981. The minimum Gasteiger partial charge on any atom is -0.508 e. The van der Waals surface area contributed by atoms with Gasteiger partial charge in [-0.1, -0.05) is 19.8 Å². The molecule has 0 amide bonds. The number of benzene rings is 1. The number of unbranched alkanes of at least 4 members (excludes halogenated alkanes) is 1. The van der Waals surface area contributed by atoms with Crippen LogP contribution in [0.4, 0.5) is 0 Å². The fourth-order valence-corrected chi connectivity index (χ4v) is 2.60. The zero-order chi connectivity index (χ0) is 12.5. The van der Waals surface area contributed by atoms with Crippen molar-refractivity contribution in [3.63, 3.8) is 0 Å². The number of rotatable bonds is 3. The fraction of sp³-hybridized carbons (Fsp3) is 0.600. The van der Waals surface area contributed by atoms with Gasteiger partial charge in [0, 0.05) is 5.92 Å². The van der Waals surface area contributed by atoms with Gasteiger partial charge in [-0.25, -0.2) is 0 Å². The summed E-state index contributed by atoms with van der Waals surface area (Å²) < 4.78 is 6.07. The quantitative estimate of drug-likeness (QED) is 0.859. The standard InChI is InChI=1S/C15H22O2/c1-4-5-6-12-9-11-10-13(16)7-8-14(11)17-15(12,2)3/h7-8,10,12,16H,4-6,9H2,1-3H3. The van der Waals surface area contributed by atoms with Gasteiger partial charge in [0.25, 0.3) is 0 Å². The number of fused-ring (bicyclic) bond motifs is 1. The molecule has 0 bridgehead atoms. The van der Waals surface area contributed by atoms with E-state index in [4.69, 9.17) is 4.74 Å². The first-order valence-corrected chi connectivity index (χ1v) is 6.54. The van der Waals surface area contributed by atoms with Crippen molar-refractivity contribution in [2.75, 3.05) is 0 Å². The van der Waals surface area contributed by atoms with E-state index in [1.165, 1.54) is 19.3 Å². The summed E-state index contributed by atoms with van der Waals surface area (Å²) in [7, 11) is 0. The SMILES string of the molecule is CCCCC1Cc2cc(O)ccc2OC1(C)C. The van der Waals surface area contributed by atoms with Gasteiger partial charge in [0.05, 0.1) is 0 Å². The molecule has 0 spiro atoms. The maximum atomic E-state index is 9.53. The number of hydrogen-bond donors (Lipinski definition) is 1. The van der Waals surface area contributed by atoms with Crippen LogP contribution in [0.1, 0.15) is 45.6 Å². The van der Waals surface area contributed by atoms with Crippen LogP contribution in [0.25, 0.3) is 0 Å². The van der Waals surface area contributed by atoms with Crippen LogP contribution < -0.4 is 4.74 Å². The van der Waals surface area contributed by atoms with Gasteiger partial charge in [0.15, 0.2) is 0 Å². The Morgan fingerprint density at radius 2 is 2.18 bits per heavy atom. The molecule has 1 aromatic rings. The molecule has 0 aliphatic carbocycles. The summed E-state index contributed by atoms with van der Waals surface area (Å²) in [6.45, 7) is 6.56. The zero-order valence-corrected chi connectivity index (χ0v) is 11.0. The first kappa shape index (κ1) is 12.3. The maximum Gasteiger partial charge on any atom is 0.123 e. The first-order chi connectivity index (χ1) is 8.03. The predicted molar refractivity (Wildman–Crippen MR) is 69.5 cm³/mol. The highest BCUT2D eigenvalue weighted by atomic mass is 16.5. The molecule has 1 aromatic carbocycles. The highest BCUT2D eigenvalue weighted by molar-refractivity contribution is 5.42. The summed E-state index contributed by atoms with van der Waals surface area (Å²) >= 11 is 0. The predicted octanol–water partition coefficient (Wildman–Crippen LogP) is 3.91. The summed E-state index contributed by atoms with van der Waals surface area (Å²) in [5.41, 5.74) is 1.05. The molecule has 1 aliphatic heterocycles. The second kappa shape index (κ2) is 4.59. The number of hydrogen-bond acceptors (Lipinski definition) is 2. The molecule has 94 valence electrons. The Morgan fingerprint density at radius 3 is 2.88 bits per heavy atom. The Kier molecular flexibility index (Phi) is 3.32. The van der Waals surface area contributed by atoms with Crippen LogP contribution in [-0.2, 0) is 6.42 Å². The van der Waals surface area contributed by atoms with Crippen molar-refractivity contribution in [1.29, 1.82) is 0 Å². The second-order valence-corrected chi connectivity index (χ2v) is 5.54. The molecule has 2 heteroatoms. The molecule has 1 heterocycles. The van der Waals surface area contributed by atoms with Crippen LogP contribution in [0.15, 0.2) is 18.2 Å². The van der Waals surface area contributed by atoms with Crippen molar-refractivity contribution in [2.24, 2.45) is 5.92 Å². The van der Waals surface area contributed by atoms with Crippen molar-refractivity contribution in [3.05, 3.63) is 23.8 Å². The van der Waals surface area contributed by atoms with E-state index in [-0.39, 0.29) is 5.60 Å². The molecule has 1 atom stereocenters. The van der Waals surface area contributed by atoms with Crippen molar-refractivity contribution in [3.8, 4) is 11.5 Å². The normalized spacial score (nSPS) is 21.7. The Morgan fingerprint density at radius 1 is 1.41 bits per heavy atom. The van der Waals surface area contributed by atoms with Gasteiger partial charge < -0.3 is 9.84 Å². The van der Waals surface area contributed by atoms with Gasteiger partial charge in [0.2, 0.25) is 0 Å². The summed E-state index contributed by atoms with van der Waals surface area (Å²) in [5.74, 6) is 1.80. The van der Waals surface area contributed by atoms with Crippen LogP contribution in [0.2, 0.25) is 0 Å². The van der Waals surface area contributed by atoms with E-state index in [9.17, 15) is 5.11 Å². The summed E-state index contributed by atoms with van der Waals surface area (Å²) in [6, 6.07) is 5.41. The lowest BCUT2D eigenvalue weighted by Crippen LogP contribution is -2.42. The number of phenols is 1. The molecule has 1 unspecified atom stereocenters. The Hall–Kier alpha value is -1.18. The third-order valence-electron chi connectivity index (χ3n) is 3.77. The summed E-state index contributed by atoms with van der Waals surface area (Å²) in [4.78, 5) is 0. The van der Waals surface area contributed by atoms with E-state index in [2.05, 4.69) is 20.8 Å². The molecule has 0 aromatic heterocycles. The average molecular weight is 234 g/mol. The molecule has 1 aliphatic rings. The lowest BCUT2D eigenvalue weighted by molar-refractivity contribution is 0.0217. The van der Waals surface area contributed by atoms with E-state index < -0.39 is 0 Å². The molecule has 0 fully saturated rings. The molecule has 0 saturated heterocycles. The van der Waals surface area contributed by atoms with Gasteiger partial charge >= 0.3 is 0 Å². The highest BCUT2D eigenvalue weighted by Gasteiger charge is 2.36. The highest BCUT2D eigenvalue weighted by Crippen LogP contribution is 2.40. The van der Waals surface area contributed by atoms with Crippen molar-refractivity contribution in [2.45, 2.75) is 52.1 Å². The van der Waals surface area contributed by atoms with Crippen molar-refractivity contribution >= 4 is 0 Å². The molecule has 17 heavy (non-hydrogen) atoms. The van der Waals surface area contributed by atoms with Crippen molar-refractivity contribution in [1.82, 2.24) is 0 Å². The van der Waals surface area contributed by atoms with E-state index in [1.54, 1.807) is 6.07 Å². The van der Waals surface area contributed by atoms with Crippen LogP contribution in [-0.4, -0.2) is 10.7 Å². The van der Waals surface area contributed by atoms with Gasteiger partial charge in [-0.15, -0.1) is 0 Å². The maximum absolute atomic E-state index is 9.53. The van der Waals surface area contributed by atoms with E-state index in [0.717, 1.165) is 17.7 Å². The summed E-state index contributed by atoms with van der Waals surface area (Å²) in [6.07, 6.45) is 4.67. The van der Waals surface area contributed by atoms with Crippen molar-refractivity contribution < 1.29 is 9.84 Å². The Labute approximate surface area is 104 Å². The Balaban J connectivity index is 2.22. The van der Waals surface area contributed by atoms with E-state index in [1.807, 2.05) is 12.1 Å². The molecular formula is C15H22O2. The van der Waals surface area contributed by atoms with Gasteiger partial charge in [-0.3, -0.25) is 0 Å². The molecule has 0 radical (unpaired) electrons. The van der Waals surface area contributed by atoms with Gasteiger partial charge in [0.1, 0.15) is 17.1 Å². The van der Waals surface area contributed by atoms with Crippen LogP contribution in [0, 0.1) is 5.92 Å². The fourth-order valence-electron chi connectivity index (χ4n) is 2.60. The third-order valence-corrected chi connectivity index (χ3v) is 3.77. The number of aromatic hydroxyl groups is 1. The van der Waals surface area contributed by atoms with E-state index in [0.29, 0.717) is 11.7 Å². The minimum absolute atomic E-state index is 0.0981. The molecule has 1 N–H and O–H groups in total. The monoisotopic (exact) mass is 234 g/mol. The van der Waals surface area contributed by atoms with Gasteiger partial charge in [-0.2, -0.15) is 0 Å². The second-order valence-electron chi connectivity index (χ2n) is 5.54. The third kappa shape index (κ3) is 2.56. The molecule has 2 nitrogen and oxygen atoms in total. The van der Waals surface area contributed by atoms with E-state index >= 15 is 0 Å². The molecular weight excluding hydrogens is 212 g/mol. The van der Waals surface area contributed by atoms with Gasteiger partial charge in [-0.05, 0) is 50.5 Å². The summed E-state index contributed by atoms with van der Waals surface area (Å²) in [5, 5.41) is 9.53. The number of phenolic OH excluding ortho intramolecular Hbond substituents is 1. The van der Waals surface area contributed by atoms with Crippen LogP contribution >= 0.6 is 0 Å². The average Bonchev–Trinajstić information content (AvgIpc) is 2.26. The Bertz CT molecular complexity index is 396. The van der Waals surface area contributed by atoms with Crippen LogP contribution in [0.5, 0.6) is 11.5 Å². The smallest absolute Gasteiger partial charge is 0.123 e.